The molecule has 0 aliphatic carbocycles. The van der Waals surface area contributed by atoms with E-state index in [4.69, 9.17) is 16.1 Å². The highest BCUT2D eigenvalue weighted by Gasteiger charge is 2.13. The molecule has 0 aliphatic heterocycles. The Hall–Kier alpha value is -2.14. The van der Waals surface area contributed by atoms with Gasteiger partial charge in [0.25, 0.3) is 5.89 Å². The number of nitrogens with zero attached hydrogens (tertiary/aromatic N) is 4. The first kappa shape index (κ1) is 13.8. The second-order valence-corrected chi connectivity index (χ2v) is 5.49. The van der Waals surface area contributed by atoms with Gasteiger partial charge < -0.3 is 4.52 Å². The van der Waals surface area contributed by atoms with Crippen molar-refractivity contribution in [1.82, 2.24) is 19.9 Å². The Bertz CT molecular complexity index is 747. The van der Waals surface area contributed by atoms with E-state index in [9.17, 15) is 0 Å². The van der Waals surface area contributed by atoms with E-state index in [0.717, 1.165) is 11.1 Å². The molecule has 0 aliphatic rings. The number of rotatable bonds is 4. The van der Waals surface area contributed by atoms with Crippen molar-refractivity contribution in [3.63, 3.8) is 0 Å². The van der Waals surface area contributed by atoms with Gasteiger partial charge in [0, 0.05) is 23.7 Å². The molecule has 0 fully saturated rings. The molecule has 2 aromatic heterocycles. The van der Waals surface area contributed by atoms with Crippen LogP contribution in [0.5, 0.6) is 0 Å². The number of hydrogen-bond donors (Lipinski definition) is 0. The van der Waals surface area contributed by atoms with Crippen molar-refractivity contribution in [2.45, 2.75) is 26.3 Å². The Balaban J connectivity index is 1.81. The summed E-state index contributed by atoms with van der Waals surface area (Å²) in [6, 6.07) is 7.94. The molecule has 3 rings (SSSR count). The van der Waals surface area contributed by atoms with Crippen molar-refractivity contribution in [2.75, 3.05) is 0 Å². The van der Waals surface area contributed by atoms with Crippen LogP contribution in [0.3, 0.4) is 0 Å². The summed E-state index contributed by atoms with van der Waals surface area (Å²) in [7, 11) is 0. The van der Waals surface area contributed by atoms with Crippen molar-refractivity contribution in [3.8, 4) is 11.5 Å². The number of hydrogen-bond acceptors (Lipinski definition) is 4. The van der Waals surface area contributed by atoms with Crippen LogP contribution in [0.2, 0.25) is 5.02 Å². The van der Waals surface area contributed by atoms with Crippen molar-refractivity contribution in [2.24, 2.45) is 0 Å². The lowest BCUT2D eigenvalue weighted by molar-refractivity contribution is 0.424. The lowest BCUT2D eigenvalue weighted by Gasteiger charge is -2.02. The van der Waals surface area contributed by atoms with Crippen LogP contribution in [-0.2, 0) is 6.42 Å². The minimum atomic E-state index is 0.296. The van der Waals surface area contributed by atoms with Gasteiger partial charge >= 0.3 is 0 Å². The molecule has 0 bridgehead atoms. The number of halogens is 1. The van der Waals surface area contributed by atoms with Crippen molar-refractivity contribution in [1.29, 1.82) is 0 Å². The molecule has 0 spiro atoms. The van der Waals surface area contributed by atoms with Crippen LogP contribution >= 0.6 is 11.6 Å². The molecule has 0 amide bonds. The number of benzene rings is 1. The lowest BCUT2D eigenvalue weighted by Crippen LogP contribution is -1.99. The molecule has 21 heavy (non-hydrogen) atoms. The van der Waals surface area contributed by atoms with E-state index in [2.05, 4.69) is 29.1 Å². The summed E-state index contributed by atoms with van der Waals surface area (Å²) in [5.41, 5.74) is 1.80. The second-order valence-electron chi connectivity index (χ2n) is 5.09. The molecular weight excluding hydrogens is 288 g/mol. The Kier molecular flexibility index (Phi) is 3.75. The third kappa shape index (κ3) is 2.97. The van der Waals surface area contributed by atoms with E-state index in [1.807, 2.05) is 35.1 Å². The van der Waals surface area contributed by atoms with Crippen LogP contribution in [0.1, 0.15) is 31.3 Å². The first-order chi connectivity index (χ1) is 10.1. The van der Waals surface area contributed by atoms with E-state index in [1.54, 1.807) is 6.20 Å². The van der Waals surface area contributed by atoms with Gasteiger partial charge in [0.05, 0.1) is 11.8 Å². The summed E-state index contributed by atoms with van der Waals surface area (Å²) in [4.78, 5) is 4.40. The van der Waals surface area contributed by atoms with Gasteiger partial charge in [-0.25, -0.2) is 0 Å². The van der Waals surface area contributed by atoms with Gasteiger partial charge in [-0.15, -0.1) is 0 Å². The standard InChI is InChI=1S/C15H15ClN4O/c1-10(2)20-9-12(8-17-20)15-18-14(19-21-15)7-11-5-3-4-6-13(11)16/h3-6,8-10H,7H2,1-2H3. The molecular formula is C15H15ClN4O. The fourth-order valence-corrected chi connectivity index (χ4v) is 2.19. The third-order valence-electron chi connectivity index (χ3n) is 3.15. The summed E-state index contributed by atoms with van der Waals surface area (Å²) in [5.74, 6) is 1.08. The van der Waals surface area contributed by atoms with Crippen LogP contribution in [0.25, 0.3) is 11.5 Å². The van der Waals surface area contributed by atoms with Crippen molar-refractivity contribution >= 4 is 11.6 Å². The topological polar surface area (TPSA) is 56.7 Å². The summed E-state index contributed by atoms with van der Waals surface area (Å²) in [5, 5.41) is 8.97. The summed E-state index contributed by atoms with van der Waals surface area (Å²) in [6.07, 6.45) is 4.17. The Morgan fingerprint density at radius 2 is 2.10 bits per heavy atom. The molecule has 108 valence electrons. The molecule has 0 N–H and O–H groups in total. The average molecular weight is 303 g/mol. The van der Waals surface area contributed by atoms with Gasteiger partial charge in [-0.2, -0.15) is 10.1 Å². The van der Waals surface area contributed by atoms with Crippen molar-refractivity contribution < 1.29 is 4.52 Å². The first-order valence-electron chi connectivity index (χ1n) is 6.74. The van der Waals surface area contributed by atoms with E-state index in [-0.39, 0.29) is 0 Å². The monoisotopic (exact) mass is 302 g/mol. The van der Waals surface area contributed by atoms with Crippen LogP contribution in [0.4, 0.5) is 0 Å². The highest BCUT2D eigenvalue weighted by molar-refractivity contribution is 6.31. The molecule has 0 atom stereocenters. The molecule has 6 heteroatoms. The molecule has 0 saturated heterocycles. The van der Waals surface area contributed by atoms with Gasteiger partial charge in [-0.1, -0.05) is 35.0 Å². The zero-order valence-corrected chi connectivity index (χ0v) is 12.6. The normalized spacial score (nSPS) is 11.2. The Morgan fingerprint density at radius 1 is 1.29 bits per heavy atom. The quantitative estimate of drug-likeness (QED) is 0.736. The van der Waals surface area contributed by atoms with Gasteiger partial charge in [0.15, 0.2) is 5.82 Å². The lowest BCUT2D eigenvalue weighted by atomic mass is 10.1. The fourth-order valence-electron chi connectivity index (χ4n) is 1.99. The van der Waals surface area contributed by atoms with Crippen LogP contribution in [-0.4, -0.2) is 19.9 Å². The SMILES string of the molecule is CC(C)n1cc(-c2nc(Cc3ccccc3Cl)no2)cn1. The zero-order valence-electron chi connectivity index (χ0n) is 11.8. The predicted molar refractivity (Wildman–Crippen MR) is 80.2 cm³/mol. The number of aromatic nitrogens is 4. The highest BCUT2D eigenvalue weighted by Crippen LogP contribution is 2.21. The van der Waals surface area contributed by atoms with E-state index < -0.39 is 0 Å². The average Bonchev–Trinajstić information content (AvgIpc) is 3.10. The molecule has 1 aromatic carbocycles. The first-order valence-corrected chi connectivity index (χ1v) is 7.12. The highest BCUT2D eigenvalue weighted by atomic mass is 35.5. The summed E-state index contributed by atoms with van der Waals surface area (Å²) >= 11 is 6.14. The van der Waals surface area contributed by atoms with Crippen LogP contribution in [0, 0.1) is 0 Å². The van der Waals surface area contributed by atoms with E-state index in [1.165, 1.54) is 0 Å². The Morgan fingerprint density at radius 3 is 2.81 bits per heavy atom. The largest absolute Gasteiger partial charge is 0.334 e. The Labute approximate surface area is 127 Å². The maximum absolute atomic E-state index is 6.14. The third-order valence-corrected chi connectivity index (χ3v) is 3.52. The minimum absolute atomic E-state index is 0.296. The fraction of sp³-hybridized carbons (Fsp3) is 0.267. The summed E-state index contributed by atoms with van der Waals surface area (Å²) in [6.45, 7) is 4.13. The molecule has 2 heterocycles. The van der Waals surface area contributed by atoms with Crippen LogP contribution < -0.4 is 0 Å². The van der Waals surface area contributed by atoms with Crippen LogP contribution in [0.15, 0.2) is 41.2 Å². The summed E-state index contributed by atoms with van der Waals surface area (Å²) < 4.78 is 7.15. The van der Waals surface area contributed by atoms with E-state index >= 15 is 0 Å². The maximum Gasteiger partial charge on any atom is 0.261 e. The van der Waals surface area contributed by atoms with Gasteiger partial charge in [0.2, 0.25) is 0 Å². The van der Waals surface area contributed by atoms with Gasteiger partial charge in [-0.3, -0.25) is 4.68 Å². The molecule has 0 saturated carbocycles. The molecule has 0 unspecified atom stereocenters. The molecule has 0 radical (unpaired) electrons. The van der Waals surface area contributed by atoms with Gasteiger partial charge in [-0.05, 0) is 25.5 Å². The predicted octanol–water partition coefficient (Wildman–Crippen LogP) is 3.76. The van der Waals surface area contributed by atoms with Crippen molar-refractivity contribution in [3.05, 3.63) is 53.1 Å². The second kappa shape index (κ2) is 5.69. The molecule has 3 aromatic rings. The smallest absolute Gasteiger partial charge is 0.261 e. The minimum Gasteiger partial charge on any atom is -0.334 e. The van der Waals surface area contributed by atoms with E-state index in [0.29, 0.717) is 29.2 Å². The zero-order chi connectivity index (χ0) is 14.8. The molecule has 5 nitrogen and oxygen atoms in total. The maximum atomic E-state index is 6.14. The van der Waals surface area contributed by atoms with Gasteiger partial charge in [0.1, 0.15) is 0 Å².